The Bertz CT molecular complexity index is 335. The number of nitrogens with zero attached hydrogens (tertiary/aromatic N) is 2. The third kappa shape index (κ3) is 3.23. The van der Waals surface area contributed by atoms with E-state index in [1.54, 1.807) is 24.0 Å². The summed E-state index contributed by atoms with van der Waals surface area (Å²) in [6, 6.07) is 1.67. The molecule has 0 saturated carbocycles. The normalized spacial score (nSPS) is 12.9. The van der Waals surface area contributed by atoms with Crippen molar-refractivity contribution in [2.24, 2.45) is 13.0 Å². The van der Waals surface area contributed by atoms with E-state index < -0.39 is 0 Å². The van der Waals surface area contributed by atoms with Gasteiger partial charge in [-0.3, -0.25) is 9.48 Å². The summed E-state index contributed by atoms with van der Waals surface area (Å²) in [5, 5.41) is 6.87. The number of hydrogen-bond acceptors (Lipinski definition) is 2. The lowest BCUT2D eigenvalue weighted by atomic mass is 10.1. The van der Waals surface area contributed by atoms with Crippen molar-refractivity contribution in [3.05, 3.63) is 18.0 Å². The summed E-state index contributed by atoms with van der Waals surface area (Å²) in [6.45, 7) is 4.04. The van der Waals surface area contributed by atoms with Crippen LogP contribution in [-0.2, 0) is 7.05 Å². The third-order valence-corrected chi connectivity index (χ3v) is 2.57. The molecular weight excluding hydrogens is 214 g/mol. The summed E-state index contributed by atoms with van der Waals surface area (Å²) in [5.74, 6) is 0.557. The highest BCUT2D eigenvalue weighted by molar-refractivity contribution is 6.18. The van der Waals surface area contributed by atoms with Gasteiger partial charge >= 0.3 is 0 Å². The Morgan fingerprint density at radius 2 is 2.33 bits per heavy atom. The second kappa shape index (κ2) is 5.16. The molecule has 1 rings (SSSR count). The van der Waals surface area contributed by atoms with E-state index in [0.717, 1.165) is 0 Å². The molecular formula is C10H16ClN3O. The van der Waals surface area contributed by atoms with Crippen LogP contribution in [0.3, 0.4) is 0 Å². The first-order valence-electron chi connectivity index (χ1n) is 4.91. The minimum atomic E-state index is -0.171. The smallest absolute Gasteiger partial charge is 0.272 e. The molecule has 0 aromatic carbocycles. The van der Waals surface area contributed by atoms with Crippen LogP contribution in [0.4, 0.5) is 0 Å². The first-order valence-corrected chi connectivity index (χ1v) is 5.44. The van der Waals surface area contributed by atoms with Crippen LogP contribution >= 0.6 is 11.6 Å². The fourth-order valence-electron chi connectivity index (χ4n) is 1.16. The molecule has 0 aliphatic carbocycles. The molecule has 1 unspecified atom stereocenters. The number of amides is 1. The average Bonchev–Trinajstić information content (AvgIpc) is 2.60. The van der Waals surface area contributed by atoms with Crippen molar-refractivity contribution < 1.29 is 4.79 Å². The van der Waals surface area contributed by atoms with Crippen LogP contribution in [0.15, 0.2) is 12.3 Å². The van der Waals surface area contributed by atoms with E-state index in [0.29, 0.717) is 17.5 Å². The summed E-state index contributed by atoms with van der Waals surface area (Å²) < 4.78 is 1.60. The second-order valence-electron chi connectivity index (χ2n) is 3.85. The summed E-state index contributed by atoms with van der Waals surface area (Å²) in [5.41, 5.74) is 0.424. The Kier molecular flexibility index (Phi) is 4.15. The summed E-state index contributed by atoms with van der Waals surface area (Å²) in [4.78, 5) is 11.7. The van der Waals surface area contributed by atoms with Crippen molar-refractivity contribution in [3.8, 4) is 0 Å². The van der Waals surface area contributed by atoms with Crippen molar-refractivity contribution >= 4 is 17.5 Å². The number of aromatic nitrogens is 2. The quantitative estimate of drug-likeness (QED) is 0.794. The van der Waals surface area contributed by atoms with Gasteiger partial charge in [0.2, 0.25) is 0 Å². The number of rotatable bonds is 4. The van der Waals surface area contributed by atoms with Gasteiger partial charge in [0.05, 0.1) is 0 Å². The first kappa shape index (κ1) is 12.0. The van der Waals surface area contributed by atoms with Gasteiger partial charge in [0, 0.05) is 25.2 Å². The Morgan fingerprint density at radius 1 is 1.67 bits per heavy atom. The van der Waals surface area contributed by atoms with E-state index in [1.807, 2.05) is 13.8 Å². The number of carbonyl (C=O) groups is 1. The molecule has 84 valence electrons. The summed E-state index contributed by atoms with van der Waals surface area (Å²) in [6.07, 6.45) is 1.74. The van der Waals surface area contributed by atoms with E-state index in [-0.39, 0.29) is 11.9 Å². The molecule has 0 fully saturated rings. The third-order valence-electron chi connectivity index (χ3n) is 2.23. The van der Waals surface area contributed by atoms with Crippen molar-refractivity contribution in [3.63, 3.8) is 0 Å². The SMILES string of the molecule is CC(C)C(CCl)NC(=O)c1ccn(C)n1. The Hall–Kier alpha value is -1.03. The lowest BCUT2D eigenvalue weighted by Gasteiger charge is -2.18. The van der Waals surface area contributed by atoms with Crippen molar-refractivity contribution in [2.45, 2.75) is 19.9 Å². The van der Waals surface area contributed by atoms with Gasteiger partial charge in [-0.2, -0.15) is 5.10 Å². The Morgan fingerprint density at radius 3 is 2.73 bits per heavy atom. The zero-order chi connectivity index (χ0) is 11.4. The number of alkyl halides is 1. The summed E-state index contributed by atoms with van der Waals surface area (Å²) >= 11 is 5.76. The van der Waals surface area contributed by atoms with E-state index in [2.05, 4.69) is 10.4 Å². The number of carbonyl (C=O) groups excluding carboxylic acids is 1. The predicted molar refractivity (Wildman–Crippen MR) is 60.0 cm³/mol. The van der Waals surface area contributed by atoms with Gasteiger partial charge in [-0.1, -0.05) is 13.8 Å². The van der Waals surface area contributed by atoms with Crippen LogP contribution in [0.5, 0.6) is 0 Å². The highest BCUT2D eigenvalue weighted by Gasteiger charge is 2.17. The maximum absolute atomic E-state index is 11.7. The van der Waals surface area contributed by atoms with Gasteiger partial charge in [-0.25, -0.2) is 0 Å². The fourth-order valence-corrected chi connectivity index (χ4v) is 1.60. The highest BCUT2D eigenvalue weighted by Crippen LogP contribution is 2.05. The number of halogens is 1. The average molecular weight is 230 g/mol. The van der Waals surface area contributed by atoms with Gasteiger partial charge < -0.3 is 5.32 Å². The van der Waals surface area contributed by atoms with Gasteiger partial charge in [0.25, 0.3) is 5.91 Å². The van der Waals surface area contributed by atoms with Gasteiger partial charge in [0.1, 0.15) is 5.69 Å². The molecule has 1 aromatic heterocycles. The Labute approximate surface area is 94.6 Å². The molecule has 0 spiro atoms. The van der Waals surface area contributed by atoms with Gasteiger partial charge in [-0.15, -0.1) is 11.6 Å². The molecule has 1 heterocycles. The topological polar surface area (TPSA) is 46.9 Å². The predicted octanol–water partition coefficient (Wildman–Crippen LogP) is 1.41. The van der Waals surface area contributed by atoms with Gasteiger partial charge in [-0.05, 0) is 12.0 Å². The van der Waals surface area contributed by atoms with Crippen LogP contribution in [0.2, 0.25) is 0 Å². The minimum Gasteiger partial charge on any atom is -0.346 e. The zero-order valence-electron chi connectivity index (χ0n) is 9.20. The van der Waals surface area contributed by atoms with Crippen molar-refractivity contribution in [2.75, 3.05) is 5.88 Å². The van der Waals surface area contributed by atoms with Crippen LogP contribution in [0.25, 0.3) is 0 Å². The van der Waals surface area contributed by atoms with Crippen LogP contribution in [0.1, 0.15) is 24.3 Å². The largest absolute Gasteiger partial charge is 0.346 e. The second-order valence-corrected chi connectivity index (χ2v) is 4.16. The lowest BCUT2D eigenvalue weighted by molar-refractivity contribution is 0.0925. The molecule has 1 amide bonds. The van der Waals surface area contributed by atoms with E-state index in [9.17, 15) is 4.79 Å². The van der Waals surface area contributed by atoms with Crippen LogP contribution in [0, 0.1) is 5.92 Å². The number of aryl methyl sites for hydroxylation is 1. The Balaban J connectivity index is 2.62. The first-order chi connectivity index (χ1) is 7.04. The highest BCUT2D eigenvalue weighted by atomic mass is 35.5. The van der Waals surface area contributed by atoms with Crippen molar-refractivity contribution in [1.82, 2.24) is 15.1 Å². The zero-order valence-corrected chi connectivity index (χ0v) is 9.95. The fraction of sp³-hybridized carbons (Fsp3) is 0.600. The standard InChI is InChI=1S/C10H16ClN3O/c1-7(2)9(6-11)12-10(15)8-4-5-14(3)13-8/h4-5,7,9H,6H2,1-3H3,(H,12,15). The van der Waals surface area contributed by atoms with Gasteiger partial charge in [0.15, 0.2) is 0 Å². The van der Waals surface area contributed by atoms with Crippen molar-refractivity contribution in [1.29, 1.82) is 0 Å². The maximum Gasteiger partial charge on any atom is 0.272 e. The molecule has 0 saturated heterocycles. The van der Waals surface area contributed by atoms with E-state index >= 15 is 0 Å². The van der Waals surface area contributed by atoms with Crippen LogP contribution in [-0.4, -0.2) is 27.6 Å². The van der Waals surface area contributed by atoms with Crippen LogP contribution < -0.4 is 5.32 Å². The molecule has 4 nitrogen and oxygen atoms in total. The molecule has 1 atom stereocenters. The molecule has 0 radical (unpaired) electrons. The minimum absolute atomic E-state index is 0.0128. The number of hydrogen-bond donors (Lipinski definition) is 1. The number of nitrogens with one attached hydrogen (secondary N) is 1. The molecule has 0 aliphatic rings. The lowest BCUT2D eigenvalue weighted by Crippen LogP contribution is -2.40. The molecule has 1 aromatic rings. The molecule has 5 heteroatoms. The van der Waals surface area contributed by atoms with E-state index in [4.69, 9.17) is 11.6 Å². The maximum atomic E-state index is 11.7. The monoisotopic (exact) mass is 229 g/mol. The summed E-state index contributed by atoms with van der Waals surface area (Å²) in [7, 11) is 1.78. The molecule has 15 heavy (non-hydrogen) atoms. The van der Waals surface area contributed by atoms with E-state index in [1.165, 1.54) is 0 Å². The molecule has 1 N–H and O–H groups in total. The molecule has 0 bridgehead atoms. The molecule has 0 aliphatic heterocycles.